The molecule has 133 heavy (non-hydrogen) atoms. The fraction of sp³-hybridized carbons (Fsp3) is 0.782. The Balaban J connectivity index is 0.000000192. The van der Waals surface area contributed by atoms with Crippen molar-refractivity contribution in [2.75, 3.05) is 54.9 Å². The van der Waals surface area contributed by atoms with Crippen molar-refractivity contribution in [3.8, 4) is 0 Å². The van der Waals surface area contributed by atoms with Crippen molar-refractivity contribution >= 4 is 11.9 Å². The minimum Gasteiger partial charge on any atom is -0.462 e. The van der Waals surface area contributed by atoms with E-state index >= 15 is 0 Å². The van der Waals surface area contributed by atoms with Crippen molar-refractivity contribution in [1.29, 1.82) is 0 Å². The molecule has 748 valence electrons. The van der Waals surface area contributed by atoms with E-state index in [-0.39, 0.29) is 111 Å². The highest BCUT2D eigenvalue weighted by Gasteiger charge is 2.63. The van der Waals surface area contributed by atoms with Crippen LogP contribution < -0.4 is 0 Å². The van der Waals surface area contributed by atoms with Gasteiger partial charge in [-0.05, 0) is 126 Å². The zero-order valence-corrected chi connectivity index (χ0v) is 81.2. The largest absolute Gasteiger partial charge is 0.462 e. The average molecular weight is 1880 g/mol. The van der Waals surface area contributed by atoms with E-state index in [2.05, 4.69) is 79.7 Å². The Morgan fingerprint density at radius 3 is 1.21 bits per heavy atom. The van der Waals surface area contributed by atoms with Crippen molar-refractivity contribution in [2.24, 2.45) is 47.3 Å². The Morgan fingerprint density at radius 1 is 0.444 bits per heavy atom. The summed E-state index contributed by atoms with van der Waals surface area (Å²) in [5, 5.41) is 86.7. The van der Waals surface area contributed by atoms with E-state index in [0.717, 1.165) is 17.6 Å². The zero-order chi connectivity index (χ0) is 95.8. The summed E-state index contributed by atoms with van der Waals surface area (Å²) in [6, 6.07) is 0. The van der Waals surface area contributed by atoms with E-state index in [1.807, 2.05) is 64.2 Å². The molecule has 43 atom stereocenters. The molecule has 4 bridgehead atoms. The second-order valence-electron chi connectivity index (χ2n) is 40.5. The lowest BCUT2D eigenvalue weighted by atomic mass is 9.71. The maximum absolute atomic E-state index is 14.3. The molecule has 2 spiro atoms. The topological polar surface area (TPSA) is 399 Å². The number of fused-ring (bicyclic) bond motifs is 5. The third kappa shape index (κ3) is 22.6. The fourth-order valence-electron chi connectivity index (χ4n) is 22.5. The number of hydrogen-bond acceptors (Lipinski definition) is 32. The number of hydrogen-bond donors (Lipinski definition) is 8. The van der Waals surface area contributed by atoms with E-state index < -0.39 is 194 Å². The summed E-state index contributed by atoms with van der Waals surface area (Å²) in [5.41, 5.74) is 0.263. The zero-order valence-electron chi connectivity index (χ0n) is 81.2. The van der Waals surface area contributed by atoms with Gasteiger partial charge in [0.25, 0.3) is 0 Å². The Labute approximate surface area is 783 Å². The fourth-order valence-corrected chi connectivity index (χ4v) is 22.5. The highest BCUT2D eigenvalue weighted by Crippen LogP contribution is 2.51. The monoisotopic (exact) mass is 1880 g/mol. The highest BCUT2D eigenvalue weighted by molar-refractivity contribution is 5.79. The van der Waals surface area contributed by atoms with Crippen LogP contribution >= 0.6 is 0 Å². The Hall–Kier alpha value is -4.78. The number of carbonyl (C=O) groups excluding carboxylic acids is 2. The molecule has 0 unspecified atom stereocenters. The van der Waals surface area contributed by atoms with Crippen LogP contribution in [0, 0.1) is 47.3 Å². The lowest BCUT2D eigenvalue weighted by Crippen LogP contribution is -2.58. The number of aliphatic hydroxyl groups is 8. The number of methoxy groups -OCH3 is 4. The number of carbonyl (C=O) groups is 2. The number of rotatable bonds is 15. The lowest BCUT2D eigenvalue weighted by molar-refractivity contribution is -0.318. The first-order valence-electron chi connectivity index (χ1n) is 48.6. The maximum atomic E-state index is 14.3. The molecule has 0 radical (unpaired) electrons. The maximum Gasteiger partial charge on any atom is 0.316 e. The molecule has 0 amide bonds. The van der Waals surface area contributed by atoms with Gasteiger partial charge in [-0.3, -0.25) is 9.59 Å². The Bertz CT molecular complexity index is 4220. The summed E-state index contributed by atoms with van der Waals surface area (Å²) in [6.45, 7) is 32.6. The van der Waals surface area contributed by atoms with Crippen molar-refractivity contribution in [3.05, 3.63) is 119 Å². The van der Waals surface area contributed by atoms with Gasteiger partial charge in [-0.1, -0.05) is 135 Å². The van der Waals surface area contributed by atoms with Crippen LogP contribution in [0.2, 0.25) is 0 Å². The van der Waals surface area contributed by atoms with Crippen LogP contribution in [0.4, 0.5) is 0 Å². The van der Waals surface area contributed by atoms with Gasteiger partial charge in [0, 0.05) is 103 Å². The summed E-state index contributed by atoms with van der Waals surface area (Å²) >= 11 is 0. The van der Waals surface area contributed by atoms with Gasteiger partial charge in [0.2, 0.25) is 0 Å². The molecule has 16 rings (SSSR count). The molecule has 10 saturated heterocycles. The molecule has 0 saturated carbocycles. The van der Waals surface area contributed by atoms with Crippen molar-refractivity contribution in [2.45, 2.75) is 400 Å². The molecule has 0 aromatic carbocycles. The van der Waals surface area contributed by atoms with Gasteiger partial charge < -0.3 is 145 Å². The normalized spacial score (nSPS) is 49.5. The van der Waals surface area contributed by atoms with Gasteiger partial charge in [-0.2, -0.15) is 0 Å². The number of allylic oxidation sites excluding steroid dienone is 4. The number of esters is 2. The number of aliphatic hydroxyl groups excluding tert-OH is 6. The quantitative estimate of drug-likeness (QED) is 0.0560. The summed E-state index contributed by atoms with van der Waals surface area (Å²) in [5.74, 6) is -5.18. The van der Waals surface area contributed by atoms with Crippen LogP contribution in [0.1, 0.15) is 181 Å². The predicted octanol–water partition coefficient (Wildman–Crippen LogP) is 8.87. The van der Waals surface area contributed by atoms with Gasteiger partial charge in [0.15, 0.2) is 36.7 Å². The van der Waals surface area contributed by atoms with E-state index in [0.29, 0.717) is 86.5 Å². The smallest absolute Gasteiger partial charge is 0.316 e. The Morgan fingerprint density at radius 2 is 0.820 bits per heavy atom. The molecule has 10 fully saturated rings. The van der Waals surface area contributed by atoms with Gasteiger partial charge in [-0.25, -0.2) is 0 Å². The van der Waals surface area contributed by atoms with Crippen molar-refractivity contribution in [3.63, 3.8) is 0 Å². The summed E-state index contributed by atoms with van der Waals surface area (Å²) < 4.78 is 137. The Kier molecular flexibility index (Phi) is 34.6. The van der Waals surface area contributed by atoms with Crippen molar-refractivity contribution < 1.29 is 155 Å². The lowest BCUT2D eigenvalue weighted by Gasteiger charge is -2.48. The third-order valence-electron chi connectivity index (χ3n) is 30.5. The molecule has 32 heteroatoms. The van der Waals surface area contributed by atoms with E-state index in [9.17, 15) is 40.2 Å². The van der Waals surface area contributed by atoms with E-state index in [1.54, 1.807) is 80.4 Å². The van der Waals surface area contributed by atoms with Crippen LogP contribution in [-0.2, 0) is 114 Å². The molecule has 8 N–H and O–H groups in total. The summed E-state index contributed by atoms with van der Waals surface area (Å²) in [6.07, 6.45) is 14.4. The van der Waals surface area contributed by atoms with Crippen LogP contribution in [-0.4, -0.2) is 327 Å². The second-order valence-corrected chi connectivity index (χ2v) is 40.5. The summed E-state index contributed by atoms with van der Waals surface area (Å²) in [7, 11) is 6.44. The minimum absolute atomic E-state index is 0.0313. The second kappa shape index (κ2) is 44.2. The summed E-state index contributed by atoms with van der Waals surface area (Å²) in [4.78, 5) is 28.6. The molecule has 32 nitrogen and oxygen atoms in total. The van der Waals surface area contributed by atoms with Gasteiger partial charge in [0.05, 0.1) is 112 Å². The SMILES string of the molecule is CC[C@H](C)[C@H]1O[C@]2(C=C[C@@H]1C)C[C@@H]1C[C@@H](C/C=C(\C)[C@@H](O[C@H]3C[C@H](OC)[C@@H](O[C@H]4C[C@H](OC)[C@@H](O)[C@H](C)O4)[C@H](C)O3)[C@@H](C)/C=C/C=C3\CO[C@@H]4[C@H](O)C(C)=C[C@@H](C(=O)O1)[C@]34O)O2.CO[C@H]1C[C@H](O[C@H]2[C@H](C)O[C@@H](O[C@@H]3/C(C)=C/C[C@@H]4C[C@@H](C[C@]5(C=C[C@H](C)[C@@H](C(C)C)O5)O4)OC(=O)[C@@H]4C=C(C)[C@@H](O)[C@H]5OC/C(=C\C=C\[C@@H]3C)[C@]54O)C[C@@H]2OC)O[C@@H](C)[C@@H]1O.O[C@@H]1CO[C@H]2[C@@H]1OC[C@@H]2O. The predicted molar refractivity (Wildman–Crippen MR) is 481 cm³/mol. The van der Waals surface area contributed by atoms with Gasteiger partial charge in [-0.15, -0.1) is 0 Å². The average Bonchev–Trinajstić information content (AvgIpc) is 1.64. The highest BCUT2D eigenvalue weighted by atomic mass is 16.8. The molecule has 0 aromatic heterocycles. The molecule has 2 aliphatic carbocycles. The van der Waals surface area contributed by atoms with Crippen LogP contribution in [0.5, 0.6) is 0 Å². The van der Waals surface area contributed by atoms with Gasteiger partial charge >= 0.3 is 11.9 Å². The minimum atomic E-state index is -1.84. The number of ether oxygens (including phenoxy) is 22. The van der Waals surface area contributed by atoms with E-state index in [1.165, 1.54) is 0 Å². The molecular formula is C101H152O32. The molecule has 14 heterocycles. The first-order valence-corrected chi connectivity index (χ1v) is 48.6. The van der Waals surface area contributed by atoms with Crippen LogP contribution in [0.25, 0.3) is 0 Å². The molecular weight excluding hydrogens is 1730 g/mol. The molecule has 16 aliphatic rings. The molecule has 0 aromatic rings. The first kappa shape index (κ1) is 104. The third-order valence-corrected chi connectivity index (χ3v) is 30.5. The molecule has 14 aliphatic heterocycles. The standard InChI is InChI=1S/C48H72O14.C47H70O14.C6H10O4/c1-11-25(2)43-28(5)17-18-47(62-43)23-34-20-33(61-47)16-15-27(4)42(26(3)13-12-14-32-24-55-45-40(49)29(6)19-35(46(51)58-34)48(32,45)52)59-39-22-37(54-10)44(31(8)57-39)60-38-21-36(53-9)41(50)30(7)56-38;1-24(2)41-27(5)16-17-46(61-41)22-33-19-32(60-46)15-14-26(4)42(25(3)12-11-13-31-23-54-44-39(48)28(6)18-34(45(50)57-33)47(31,44)51)58-38-21-36(53-10)43(30(8)56-38)59-37-20-35(52-9)40(49)29(7)55-37;7-3-1-9-6-4(8)2-10-5(3)6/h12-15,17-19,25-26,28,30-31,33-45,49-50,52H,11,16,20-24H2,1-10H3;11-14,16-18,24-25,27,29-30,32-44,48-49,51H,15,19-23H2,1-10H3;3-8H,1-2H2/b13-12+,27-15+,32-14+;12-11+,26-14+,31-13+;/t25-,26-,28-,30-,31-,33+,34-,35-,36-,37-,38-,39-,40+,41-,42-,43+,44-,45+,47+,48+;25-,27-,29-,30-,32+,33-,34-,35-,36-,37-,38-,39+,40-,41+,42-,43-,44+,46+,47+;3-,4+,5-,6-/m001/s1. The van der Waals surface area contributed by atoms with Gasteiger partial charge in [0.1, 0.15) is 108 Å². The van der Waals surface area contributed by atoms with Crippen LogP contribution in [0.15, 0.2) is 119 Å². The van der Waals surface area contributed by atoms with E-state index in [4.69, 9.17) is 114 Å². The van der Waals surface area contributed by atoms with Crippen molar-refractivity contribution in [1.82, 2.24) is 0 Å². The van der Waals surface area contributed by atoms with Crippen LogP contribution in [0.3, 0.4) is 0 Å². The first-order chi connectivity index (χ1) is 63.2.